The molecule has 52 heavy (non-hydrogen) atoms. The Labute approximate surface area is 310 Å². The number of hydrogen-bond acceptors (Lipinski definition) is 7. The molecule has 0 bridgehead atoms. The molecule has 6 rings (SSSR count). The van der Waals surface area contributed by atoms with Gasteiger partial charge in [-0.05, 0) is 93.7 Å². The minimum Gasteiger partial charge on any atom is -0.478 e. The van der Waals surface area contributed by atoms with Crippen LogP contribution in [0.2, 0.25) is 10.0 Å². The van der Waals surface area contributed by atoms with Crippen molar-refractivity contribution in [1.29, 1.82) is 0 Å². The van der Waals surface area contributed by atoms with Crippen LogP contribution in [0, 0.1) is 0 Å². The largest absolute Gasteiger partial charge is 0.478 e. The van der Waals surface area contributed by atoms with Crippen molar-refractivity contribution < 1.29 is 39.4 Å². The summed E-state index contributed by atoms with van der Waals surface area (Å²) in [5, 5.41) is 19.4. The summed E-state index contributed by atoms with van der Waals surface area (Å²) in [5.41, 5.74) is 6.64. The molecular formula is C42H32Cl2O8. The van der Waals surface area contributed by atoms with Crippen molar-refractivity contribution in [2.45, 2.75) is 26.1 Å². The zero-order valence-corrected chi connectivity index (χ0v) is 29.1. The molecular weight excluding hydrogens is 703 g/mol. The number of rotatable bonds is 14. The molecule has 0 spiro atoms. The summed E-state index contributed by atoms with van der Waals surface area (Å²) in [6.45, 7) is 0.0625. The van der Waals surface area contributed by atoms with Gasteiger partial charge in [0.1, 0.15) is 19.0 Å². The third-order valence-electron chi connectivity index (χ3n) is 8.29. The van der Waals surface area contributed by atoms with Crippen LogP contribution in [-0.4, -0.2) is 22.3 Å². The highest BCUT2D eigenvalue weighted by Gasteiger charge is 2.21. The molecule has 6 aromatic rings. The van der Waals surface area contributed by atoms with E-state index in [1.165, 1.54) is 18.2 Å². The molecule has 6 aromatic carbocycles. The number of halogens is 2. The molecule has 0 unspecified atom stereocenters. The van der Waals surface area contributed by atoms with Crippen LogP contribution in [0.4, 0.5) is 0 Å². The lowest BCUT2D eigenvalue weighted by Crippen LogP contribution is -2.15. The molecule has 0 saturated heterocycles. The smallest absolute Gasteiger partial charge is 0.344 e. The fraction of sp³-hybridized carbons (Fsp3) is 0.0952. The zero-order chi connectivity index (χ0) is 36.5. The Hall–Kier alpha value is -5.48. The third-order valence-corrected chi connectivity index (χ3v) is 8.88. The van der Waals surface area contributed by atoms with Crippen LogP contribution in [0.1, 0.15) is 54.1 Å². The fourth-order valence-corrected chi connectivity index (χ4v) is 6.11. The number of carbonyl (C=O) groups excluding carboxylic acids is 1. The lowest BCUT2D eigenvalue weighted by Gasteiger charge is -2.13. The normalized spacial score (nSPS) is 10.9. The molecule has 10 heteroatoms. The number of aromatic carboxylic acids is 1. The Kier molecular flexibility index (Phi) is 12.0. The van der Waals surface area contributed by atoms with E-state index in [0.717, 1.165) is 39.8 Å². The predicted molar refractivity (Wildman–Crippen MR) is 198 cm³/mol. The molecule has 0 amide bonds. The summed E-state index contributed by atoms with van der Waals surface area (Å²) < 4.78 is 5.53. The molecule has 0 atom stereocenters. The van der Waals surface area contributed by atoms with Gasteiger partial charge in [-0.15, -0.1) is 0 Å². The Morgan fingerprint density at radius 2 is 1.13 bits per heavy atom. The zero-order valence-electron chi connectivity index (χ0n) is 27.6. The van der Waals surface area contributed by atoms with Gasteiger partial charge in [-0.1, -0.05) is 120 Å². The number of carboxylic acid groups (broad SMARTS) is 1. The molecule has 2 N–H and O–H groups in total. The third kappa shape index (κ3) is 9.24. The minimum absolute atomic E-state index is 0.0109. The summed E-state index contributed by atoms with van der Waals surface area (Å²) in [7, 11) is 0. The summed E-state index contributed by atoms with van der Waals surface area (Å²) in [6, 6.07) is 40.1. The maximum Gasteiger partial charge on any atom is 0.344 e. The monoisotopic (exact) mass is 734 g/mol. The van der Waals surface area contributed by atoms with Crippen molar-refractivity contribution in [3.63, 3.8) is 0 Å². The van der Waals surface area contributed by atoms with Gasteiger partial charge in [0, 0.05) is 0 Å². The number of ether oxygens (including phenoxy) is 1. The average Bonchev–Trinajstić information content (AvgIpc) is 3.15. The van der Waals surface area contributed by atoms with Crippen LogP contribution in [-0.2, 0) is 35.8 Å². The van der Waals surface area contributed by atoms with Gasteiger partial charge in [-0.3, -0.25) is 5.26 Å². The Balaban J connectivity index is 1.08. The molecule has 0 radical (unpaired) electrons. The Morgan fingerprint density at radius 3 is 1.71 bits per heavy atom. The van der Waals surface area contributed by atoms with Gasteiger partial charge in [-0.25, -0.2) is 14.5 Å². The van der Waals surface area contributed by atoms with Gasteiger partial charge in [0.15, 0.2) is 5.75 Å². The van der Waals surface area contributed by atoms with Crippen molar-refractivity contribution in [2.24, 2.45) is 0 Å². The van der Waals surface area contributed by atoms with Gasteiger partial charge < -0.3 is 14.7 Å². The van der Waals surface area contributed by atoms with Gasteiger partial charge >= 0.3 is 11.9 Å². The van der Waals surface area contributed by atoms with Gasteiger partial charge in [0.2, 0.25) is 0 Å². The molecule has 0 heterocycles. The second-order valence-electron chi connectivity index (χ2n) is 11.9. The van der Waals surface area contributed by atoms with Crippen LogP contribution in [0.25, 0.3) is 11.1 Å². The molecule has 0 aromatic heterocycles. The first-order valence-corrected chi connectivity index (χ1v) is 16.9. The number of esters is 1. The van der Waals surface area contributed by atoms with Gasteiger partial charge in [0.25, 0.3) is 0 Å². The first-order valence-electron chi connectivity index (χ1n) is 16.2. The quantitative estimate of drug-likeness (QED) is 0.0492. The first-order chi connectivity index (χ1) is 25.3. The lowest BCUT2D eigenvalue weighted by molar-refractivity contribution is -0.253. The second-order valence-corrected chi connectivity index (χ2v) is 12.7. The summed E-state index contributed by atoms with van der Waals surface area (Å²) >= 11 is 13.1. The molecule has 0 saturated carbocycles. The van der Waals surface area contributed by atoms with E-state index < -0.39 is 11.9 Å². The topological polar surface area (TPSA) is 112 Å². The molecule has 0 aliphatic carbocycles. The maximum atomic E-state index is 13.1. The van der Waals surface area contributed by atoms with E-state index in [1.54, 1.807) is 36.4 Å². The van der Waals surface area contributed by atoms with E-state index in [0.29, 0.717) is 17.5 Å². The minimum atomic E-state index is -1.24. The van der Waals surface area contributed by atoms with Crippen LogP contribution in [0.5, 0.6) is 11.5 Å². The number of benzene rings is 6. The Morgan fingerprint density at radius 1 is 0.558 bits per heavy atom. The van der Waals surface area contributed by atoms with Crippen LogP contribution in [0.15, 0.2) is 133 Å². The van der Waals surface area contributed by atoms with Crippen molar-refractivity contribution in [3.05, 3.63) is 188 Å². The van der Waals surface area contributed by atoms with Gasteiger partial charge in [-0.2, -0.15) is 4.89 Å². The van der Waals surface area contributed by atoms with E-state index in [9.17, 15) is 14.7 Å². The molecule has 0 fully saturated rings. The molecule has 0 aliphatic heterocycles. The number of carboxylic acids is 1. The summed E-state index contributed by atoms with van der Waals surface area (Å²) in [5.74, 6) is -1.74. The SMILES string of the molecule is O=C(O)c1cc(Cc2ccccc2)ccc1C(=O)Oc1ccc(-c2ccc(OOCc3ccc(Cc4ccccc4)cc3COO)c(Cl)c2)cc1Cl. The van der Waals surface area contributed by atoms with Crippen molar-refractivity contribution in [1.82, 2.24) is 0 Å². The van der Waals surface area contributed by atoms with Crippen LogP contribution in [0.3, 0.4) is 0 Å². The first kappa shape index (κ1) is 36.3. The summed E-state index contributed by atoms with van der Waals surface area (Å²) in [4.78, 5) is 40.6. The highest BCUT2D eigenvalue weighted by molar-refractivity contribution is 6.33. The van der Waals surface area contributed by atoms with Crippen molar-refractivity contribution in [3.8, 4) is 22.6 Å². The van der Waals surface area contributed by atoms with Crippen LogP contribution < -0.4 is 9.62 Å². The molecule has 8 nitrogen and oxygen atoms in total. The Bertz CT molecular complexity index is 2190. The molecule has 262 valence electrons. The maximum absolute atomic E-state index is 13.1. The van der Waals surface area contributed by atoms with E-state index >= 15 is 0 Å². The number of carbonyl (C=O) groups is 2. The van der Waals surface area contributed by atoms with E-state index in [-0.39, 0.29) is 45.9 Å². The summed E-state index contributed by atoms with van der Waals surface area (Å²) in [6.07, 6.45) is 1.25. The van der Waals surface area contributed by atoms with Crippen molar-refractivity contribution in [2.75, 3.05) is 0 Å². The lowest BCUT2D eigenvalue weighted by atomic mass is 9.99. The highest BCUT2D eigenvalue weighted by atomic mass is 35.5. The number of hydrogen-bond donors (Lipinski definition) is 2. The van der Waals surface area contributed by atoms with E-state index in [2.05, 4.69) is 17.0 Å². The fourth-order valence-electron chi connectivity index (χ4n) is 5.68. The van der Waals surface area contributed by atoms with Gasteiger partial charge in [0.05, 0.1) is 21.2 Å². The van der Waals surface area contributed by atoms with Crippen LogP contribution >= 0.6 is 23.2 Å². The van der Waals surface area contributed by atoms with E-state index in [1.807, 2.05) is 66.7 Å². The average molecular weight is 736 g/mol. The van der Waals surface area contributed by atoms with Crippen molar-refractivity contribution >= 4 is 35.1 Å². The predicted octanol–water partition coefficient (Wildman–Crippen LogP) is 10.3. The molecule has 0 aliphatic rings. The van der Waals surface area contributed by atoms with E-state index in [4.69, 9.17) is 43.0 Å². The highest BCUT2D eigenvalue weighted by Crippen LogP contribution is 2.35. The second kappa shape index (κ2) is 17.2. The standard InChI is InChI=1S/C42H32Cl2O8/c43-37-23-31(14-17-39(37)51-42(47)35-16-12-30(22-36(35)41(45)46)20-28-9-5-2-6-10-28)32-15-18-40(38(44)24-32)52-50-26-33-13-11-29(21-34(33)25-49-48)19-27-7-3-1-4-8-27/h1-18,21-24,48H,19-20,25-26H2,(H,45,46).